The van der Waals surface area contributed by atoms with Crippen molar-refractivity contribution >= 4 is 5.91 Å². The molecule has 0 heterocycles. The van der Waals surface area contributed by atoms with E-state index in [0.29, 0.717) is 0 Å². The number of amides is 1. The second-order valence-electron chi connectivity index (χ2n) is 6.41. The highest BCUT2D eigenvalue weighted by Gasteiger charge is 2.18. The van der Waals surface area contributed by atoms with Crippen molar-refractivity contribution in [1.82, 2.24) is 5.32 Å². The van der Waals surface area contributed by atoms with E-state index >= 15 is 0 Å². The lowest BCUT2D eigenvalue weighted by atomic mass is 10.0. The first-order chi connectivity index (χ1) is 11.4. The van der Waals surface area contributed by atoms with E-state index in [0.717, 1.165) is 28.9 Å². The SMILES string of the molecule is CCc1ccc([C@H](C)NC(=O)[C@H](C)Oc2cc(C)cc(C)c2)cc1. The molecule has 2 rings (SSSR count). The molecule has 0 aliphatic heterocycles. The fourth-order valence-corrected chi connectivity index (χ4v) is 2.71. The molecule has 24 heavy (non-hydrogen) atoms. The van der Waals surface area contributed by atoms with Crippen molar-refractivity contribution in [1.29, 1.82) is 0 Å². The van der Waals surface area contributed by atoms with Crippen molar-refractivity contribution in [3.05, 3.63) is 64.7 Å². The molecule has 0 bridgehead atoms. The Bertz CT molecular complexity index is 671. The van der Waals surface area contributed by atoms with Crippen LogP contribution in [0.25, 0.3) is 0 Å². The van der Waals surface area contributed by atoms with E-state index in [1.807, 2.05) is 32.9 Å². The summed E-state index contributed by atoms with van der Waals surface area (Å²) in [6, 6.07) is 14.3. The van der Waals surface area contributed by atoms with Gasteiger partial charge in [-0.25, -0.2) is 0 Å². The van der Waals surface area contributed by atoms with Crippen LogP contribution in [-0.4, -0.2) is 12.0 Å². The Kier molecular flexibility index (Phi) is 6.02. The van der Waals surface area contributed by atoms with Gasteiger partial charge in [-0.1, -0.05) is 37.3 Å². The largest absolute Gasteiger partial charge is 0.481 e. The third kappa shape index (κ3) is 4.85. The second kappa shape index (κ2) is 8.00. The Morgan fingerprint density at radius 1 is 1.04 bits per heavy atom. The molecule has 0 fully saturated rings. The maximum absolute atomic E-state index is 12.4. The Labute approximate surface area is 145 Å². The topological polar surface area (TPSA) is 38.3 Å². The number of carbonyl (C=O) groups is 1. The molecule has 3 nitrogen and oxygen atoms in total. The molecule has 0 radical (unpaired) electrons. The average molecular weight is 325 g/mol. The van der Waals surface area contributed by atoms with E-state index in [-0.39, 0.29) is 11.9 Å². The van der Waals surface area contributed by atoms with Gasteiger partial charge in [-0.2, -0.15) is 0 Å². The van der Waals surface area contributed by atoms with Gasteiger partial charge in [0.25, 0.3) is 5.91 Å². The van der Waals surface area contributed by atoms with E-state index < -0.39 is 6.10 Å². The molecule has 0 saturated heterocycles. The lowest BCUT2D eigenvalue weighted by Gasteiger charge is -2.19. The van der Waals surface area contributed by atoms with Gasteiger partial charge in [0.1, 0.15) is 5.75 Å². The summed E-state index contributed by atoms with van der Waals surface area (Å²) >= 11 is 0. The molecule has 0 spiro atoms. The van der Waals surface area contributed by atoms with Crippen LogP contribution in [0.3, 0.4) is 0 Å². The van der Waals surface area contributed by atoms with Crippen LogP contribution < -0.4 is 10.1 Å². The molecule has 1 amide bonds. The molecule has 128 valence electrons. The smallest absolute Gasteiger partial charge is 0.261 e. The number of rotatable bonds is 6. The zero-order chi connectivity index (χ0) is 17.7. The highest BCUT2D eigenvalue weighted by molar-refractivity contribution is 5.81. The lowest BCUT2D eigenvalue weighted by Crippen LogP contribution is -2.37. The van der Waals surface area contributed by atoms with E-state index in [1.54, 1.807) is 6.92 Å². The number of benzene rings is 2. The second-order valence-corrected chi connectivity index (χ2v) is 6.41. The van der Waals surface area contributed by atoms with Crippen LogP contribution in [0.1, 0.15) is 49.1 Å². The molecule has 0 saturated carbocycles. The van der Waals surface area contributed by atoms with E-state index in [9.17, 15) is 4.79 Å². The van der Waals surface area contributed by atoms with Crippen LogP contribution in [0, 0.1) is 13.8 Å². The van der Waals surface area contributed by atoms with E-state index in [1.165, 1.54) is 5.56 Å². The highest BCUT2D eigenvalue weighted by Crippen LogP contribution is 2.18. The van der Waals surface area contributed by atoms with Gasteiger partial charge in [0.2, 0.25) is 0 Å². The first-order valence-electron chi connectivity index (χ1n) is 8.53. The van der Waals surface area contributed by atoms with Crippen LogP contribution in [-0.2, 0) is 11.2 Å². The number of carbonyl (C=O) groups excluding carboxylic acids is 1. The minimum atomic E-state index is -0.538. The van der Waals surface area contributed by atoms with Crippen molar-refractivity contribution < 1.29 is 9.53 Å². The maximum Gasteiger partial charge on any atom is 0.261 e. The molecule has 3 heteroatoms. The summed E-state index contributed by atoms with van der Waals surface area (Å²) in [5, 5.41) is 3.02. The van der Waals surface area contributed by atoms with E-state index in [2.05, 4.69) is 42.6 Å². The summed E-state index contributed by atoms with van der Waals surface area (Å²) in [6.07, 6.45) is 0.477. The van der Waals surface area contributed by atoms with Gasteiger partial charge in [-0.05, 0) is 68.5 Å². The minimum absolute atomic E-state index is 0.0475. The number of aryl methyl sites for hydroxylation is 3. The Morgan fingerprint density at radius 2 is 1.62 bits per heavy atom. The molecule has 0 aliphatic carbocycles. The molecule has 0 aromatic heterocycles. The summed E-state index contributed by atoms with van der Waals surface area (Å²) in [7, 11) is 0. The van der Waals surface area contributed by atoms with Crippen molar-refractivity contribution in [3.63, 3.8) is 0 Å². The fraction of sp³-hybridized carbons (Fsp3) is 0.381. The quantitative estimate of drug-likeness (QED) is 0.848. The number of hydrogen-bond acceptors (Lipinski definition) is 2. The number of ether oxygens (including phenoxy) is 1. The molecule has 2 atom stereocenters. The molecule has 0 unspecified atom stereocenters. The lowest BCUT2D eigenvalue weighted by molar-refractivity contribution is -0.127. The van der Waals surface area contributed by atoms with Crippen LogP contribution in [0.5, 0.6) is 5.75 Å². The Balaban J connectivity index is 1.97. The predicted octanol–water partition coefficient (Wildman–Crippen LogP) is 4.51. The third-order valence-corrected chi connectivity index (χ3v) is 4.12. The van der Waals surface area contributed by atoms with Crippen LogP contribution >= 0.6 is 0 Å². The van der Waals surface area contributed by atoms with Crippen molar-refractivity contribution in [2.75, 3.05) is 0 Å². The summed E-state index contributed by atoms with van der Waals surface area (Å²) in [4.78, 5) is 12.4. The van der Waals surface area contributed by atoms with Crippen LogP contribution in [0.15, 0.2) is 42.5 Å². The highest BCUT2D eigenvalue weighted by atomic mass is 16.5. The Morgan fingerprint density at radius 3 is 2.17 bits per heavy atom. The van der Waals surface area contributed by atoms with Crippen LogP contribution in [0.4, 0.5) is 0 Å². The zero-order valence-electron chi connectivity index (χ0n) is 15.2. The zero-order valence-corrected chi connectivity index (χ0v) is 15.2. The average Bonchev–Trinajstić information content (AvgIpc) is 2.53. The first-order valence-corrected chi connectivity index (χ1v) is 8.53. The van der Waals surface area contributed by atoms with Gasteiger partial charge in [-0.15, -0.1) is 0 Å². The number of nitrogens with one attached hydrogen (secondary N) is 1. The fourth-order valence-electron chi connectivity index (χ4n) is 2.71. The van der Waals surface area contributed by atoms with Gasteiger partial charge in [-0.3, -0.25) is 4.79 Å². The molecule has 1 N–H and O–H groups in total. The summed E-state index contributed by atoms with van der Waals surface area (Å²) in [5.74, 6) is 0.622. The van der Waals surface area contributed by atoms with Crippen molar-refractivity contribution in [3.8, 4) is 5.75 Å². The van der Waals surface area contributed by atoms with Gasteiger partial charge in [0.05, 0.1) is 6.04 Å². The summed E-state index contributed by atoms with van der Waals surface area (Å²) in [6.45, 7) is 9.94. The standard InChI is InChI=1S/C21H27NO2/c1-6-18-7-9-19(10-8-18)16(4)22-21(23)17(5)24-20-12-14(2)11-15(3)13-20/h7-13,16-17H,6H2,1-5H3,(H,22,23)/t16-,17-/m0/s1. The summed E-state index contributed by atoms with van der Waals surface area (Å²) < 4.78 is 5.80. The first kappa shape index (κ1) is 18.1. The summed E-state index contributed by atoms with van der Waals surface area (Å²) in [5.41, 5.74) is 4.65. The molecule has 2 aromatic carbocycles. The monoisotopic (exact) mass is 325 g/mol. The predicted molar refractivity (Wildman–Crippen MR) is 98.4 cm³/mol. The Hall–Kier alpha value is -2.29. The van der Waals surface area contributed by atoms with Gasteiger partial charge in [0.15, 0.2) is 6.10 Å². The van der Waals surface area contributed by atoms with Crippen LogP contribution in [0.2, 0.25) is 0 Å². The third-order valence-electron chi connectivity index (χ3n) is 4.12. The minimum Gasteiger partial charge on any atom is -0.481 e. The normalized spacial score (nSPS) is 13.2. The van der Waals surface area contributed by atoms with Gasteiger partial charge < -0.3 is 10.1 Å². The van der Waals surface area contributed by atoms with Crippen molar-refractivity contribution in [2.45, 2.75) is 53.2 Å². The van der Waals surface area contributed by atoms with Gasteiger partial charge >= 0.3 is 0 Å². The molecule has 2 aromatic rings. The van der Waals surface area contributed by atoms with E-state index in [4.69, 9.17) is 4.74 Å². The number of hydrogen-bond donors (Lipinski definition) is 1. The molecular formula is C21H27NO2. The van der Waals surface area contributed by atoms with Crippen molar-refractivity contribution in [2.24, 2.45) is 0 Å². The maximum atomic E-state index is 12.4. The molecular weight excluding hydrogens is 298 g/mol. The molecule has 0 aliphatic rings. The van der Waals surface area contributed by atoms with Gasteiger partial charge in [0, 0.05) is 0 Å².